The van der Waals surface area contributed by atoms with Gasteiger partial charge in [-0.3, -0.25) is 0 Å². The molecule has 1 saturated carbocycles. The van der Waals surface area contributed by atoms with E-state index in [-0.39, 0.29) is 0 Å². The number of anilines is 1. The van der Waals surface area contributed by atoms with E-state index in [2.05, 4.69) is 62.2 Å². The second-order valence-corrected chi connectivity index (χ2v) is 6.46. The third-order valence-corrected chi connectivity index (χ3v) is 4.83. The second-order valence-electron chi connectivity index (χ2n) is 6.46. The van der Waals surface area contributed by atoms with Crippen molar-refractivity contribution in [2.75, 3.05) is 18.0 Å². The summed E-state index contributed by atoms with van der Waals surface area (Å²) in [5.74, 6) is 1.84. The minimum Gasteiger partial charge on any atom is -0.335 e. The van der Waals surface area contributed by atoms with Crippen LogP contribution >= 0.6 is 0 Å². The molecule has 2 heterocycles. The van der Waals surface area contributed by atoms with Crippen molar-refractivity contribution in [1.82, 2.24) is 20.1 Å². The summed E-state index contributed by atoms with van der Waals surface area (Å²) in [4.78, 5) is 6.96. The summed E-state index contributed by atoms with van der Waals surface area (Å²) in [6, 6.07) is 11.4. The molecule has 0 spiro atoms. The van der Waals surface area contributed by atoms with Gasteiger partial charge >= 0.3 is 0 Å². The van der Waals surface area contributed by atoms with Crippen LogP contribution in [0.15, 0.2) is 36.7 Å². The molecule has 22 heavy (non-hydrogen) atoms. The average Bonchev–Trinajstić information content (AvgIpc) is 3.25. The molecule has 0 bridgehead atoms. The molecular formula is C17H23N5. The maximum absolute atomic E-state index is 4.55. The number of hydrogen-bond donors (Lipinski definition) is 1. The van der Waals surface area contributed by atoms with Gasteiger partial charge in [0.2, 0.25) is 5.95 Å². The molecule has 0 unspecified atom stereocenters. The average molecular weight is 297 g/mol. The highest BCUT2D eigenvalue weighted by molar-refractivity contribution is 5.36. The molecule has 4 rings (SSSR count). The zero-order valence-electron chi connectivity index (χ0n) is 13.0. The molecule has 1 aliphatic heterocycles. The maximum atomic E-state index is 4.55. The van der Waals surface area contributed by atoms with Crippen molar-refractivity contribution in [3.63, 3.8) is 0 Å². The summed E-state index contributed by atoms with van der Waals surface area (Å²) in [5.41, 5.74) is 1.34. The Kier molecular flexibility index (Phi) is 3.58. The zero-order chi connectivity index (χ0) is 14.9. The Bertz CT molecular complexity index is 619. The molecule has 1 aliphatic carbocycles. The number of rotatable bonds is 4. The Morgan fingerprint density at radius 2 is 2.05 bits per heavy atom. The number of hydrogen-bond acceptors (Lipinski definition) is 4. The van der Waals surface area contributed by atoms with Crippen LogP contribution in [0.4, 0.5) is 5.95 Å². The van der Waals surface area contributed by atoms with Crippen molar-refractivity contribution in [3.05, 3.63) is 42.2 Å². The maximum Gasteiger partial charge on any atom is 0.224 e. The van der Waals surface area contributed by atoms with E-state index in [9.17, 15) is 0 Å². The highest BCUT2D eigenvalue weighted by atomic mass is 15.4. The van der Waals surface area contributed by atoms with Gasteiger partial charge < -0.3 is 10.2 Å². The normalized spacial score (nSPS) is 25.4. The summed E-state index contributed by atoms with van der Waals surface area (Å²) in [6.07, 6.45) is 4.37. The van der Waals surface area contributed by atoms with Gasteiger partial charge in [-0.1, -0.05) is 30.3 Å². The summed E-state index contributed by atoms with van der Waals surface area (Å²) in [6.45, 7) is 5.25. The van der Waals surface area contributed by atoms with Gasteiger partial charge in [-0.25, -0.2) is 4.68 Å². The topological polar surface area (TPSA) is 46.0 Å². The molecule has 2 aromatic rings. The van der Waals surface area contributed by atoms with Gasteiger partial charge in [0.15, 0.2) is 0 Å². The van der Waals surface area contributed by atoms with Gasteiger partial charge in [0.05, 0.1) is 6.04 Å². The summed E-state index contributed by atoms with van der Waals surface area (Å²) in [7, 11) is 0. The van der Waals surface area contributed by atoms with E-state index in [4.69, 9.17) is 0 Å². The molecule has 5 heteroatoms. The summed E-state index contributed by atoms with van der Waals surface area (Å²) in [5, 5.41) is 8.10. The molecule has 1 saturated heterocycles. The van der Waals surface area contributed by atoms with Gasteiger partial charge in [-0.2, -0.15) is 10.1 Å². The van der Waals surface area contributed by atoms with Crippen LogP contribution < -0.4 is 10.2 Å². The lowest BCUT2D eigenvalue weighted by atomic mass is 9.97. The minimum absolute atomic E-state index is 0.334. The van der Waals surface area contributed by atoms with E-state index in [1.165, 1.54) is 18.4 Å². The van der Waals surface area contributed by atoms with Gasteiger partial charge in [-0.05, 0) is 31.2 Å². The molecule has 116 valence electrons. The van der Waals surface area contributed by atoms with Crippen LogP contribution in [0.2, 0.25) is 0 Å². The highest BCUT2D eigenvalue weighted by Crippen LogP contribution is 2.32. The lowest BCUT2D eigenvalue weighted by Crippen LogP contribution is -2.52. The molecule has 5 nitrogen and oxygen atoms in total. The van der Waals surface area contributed by atoms with E-state index in [0.717, 1.165) is 31.5 Å². The van der Waals surface area contributed by atoms with Crippen LogP contribution in [0.3, 0.4) is 0 Å². The van der Waals surface area contributed by atoms with Crippen molar-refractivity contribution < 1.29 is 0 Å². The number of aromatic nitrogens is 3. The predicted molar refractivity (Wildman–Crippen MR) is 86.7 cm³/mol. The van der Waals surface area contributed by atoms with E-state index >= 15 is 0 Å². The molecule has 2 atom stereocenters. The molecule has 1 aromatic heterocycles. The van der Waals surface area contributed by atoms with Gasteiger partial charge in [0, 0.05) is 25.7 Å². The van der Waals surface area contributed by atoms with Crippen molar-refractivity contribution in [3.8, 4) is 0 Å². The van der Waals surface area contributed by atoms with Crippen LogP contribution in [-0.4, -0.2) is 33.9 Å². The molecule has 2 aliphatic rings. The fraction of sp³-hybridized carbons (Fsp3) is 0.529. The van der Waals surface area contributed by atoms with Crippen LogP contribution in [0.25, 0.3) is 0 Å². The molecule has 0 radical (unpaired) electrons. The fourth-order valence-electron chi connectivity index (χ4n) is 3.39. The van der Waals surface area contributed by atoms with Crippen LogP contribution in [-0.2, 0) is 6.54 Å². The first-order valence-corrected chi connectivity index (χ1v) is 8.25. The first kappa shape index (κ1) is 13.8. The van der Waals surface area contributed by atoms with Crippen molar-refractivity contribution >= 4 is 5.95 Å². The fourth-order valence-corrected chi connectivity index (χ4v) is 3.39. The largest absolute Gasteiger partial charge is 0.335 e. The number of nitrogens with zero attached hydrogens (tertiary/aromatic N) is 4. The Balaban J connectivity index is 1.58. The van der Waals surface area contributed by atoms with E-state index in [0.29, 0.717) is 12.1 Å². The van der Waals surface area contributed by atoms with Crippen molar-refractivity contribution in [1.29, 1.82) is 0 Å². The van der Waals surface area contributed by atoms with Crippen molar-refractivity contribution in [2.45, 2.75) is 38.4 Å². The molecule has 0 amide bonds. The third-order valence-electron chi connectivity index (χ3n) is 4.83. The molecule has 1 N–H and O–H groups in total. The highest BCUT2D eigenvalue weighted by Gasteiger charge is 2.32. The van der Waals surface area contributed by atoms with E-state index in [1.54, 1.807) is 6.33 Å². The lowest BCUT2D eigenvalue weighted by Gasteiger charge is -2.40. The number of piperazine rings is 1. The van der Waals surface area contributed by atoms with Gasteiger partial charge in [-0.15, -0.1) is 0 Å². The number of nitrogens with one attached hydrogen (secondary N) is 1. The smallest absolute Gasteiger partial charge is 0.224 e. The summed E-state index contributed by atoms with van der Waals surface area (Å²) < 4.78 is 2.10. The van der Waals surface area contributed by atoms with Gasteiger partial charge in [0.25, 0.3) is 0 Å². The van der Waals surface area contributed by atoms with E-state index in [1.807, 2.05) is 0 Å². The van der Waals surface area contributed by atoms with Gasteiger partial charge in [0.1, 0.15) is 6.33 Å². The Morgan fingerprint density at radius 3 is 2.82 bits per heavy atom. The molecule has 2 fully saturated rings. The van der Waals surface area contributed by atoms with Crippen LogP contribution in [0, 0.1) is 5.92 Å². The van der Waals surface area contributed by atoms with E-state index < -0.39 is 0 Å². The predicted octanol–water partition coefficient (Wildman–Crippen LogP) is 2.23. The van der Waals surface area contributed by atoms with Crippen LogP contribution in [0.1, 0.15) is 31.4 Å². The SMILES string of the molecule is C[C@@H]1[C@H](c2ccccc2)NCCN1c1ncnn1CC1CC1. The quantitative estimate of drug-likeness (QED) is 0.940. The van der Waals surface area contributed by atoms with Crippen molar-refractivity contribution in [2.24, 2.45) is 5.92 Å². The second kappa shape index (κ2) is 5.72. The lowest BCUT2D eigenvalue weighted by molar-refractivity contribution is 0.379. The first-order valence-electron chi connectivity index (χ1n) is 8.25. The summed E-state index contributed by atoms with van der Waals surface area (Å²) >= 11 is 0. The third kappa shape index (κ3) is 2.61. The van der Waals surface area contributed by atoms with Crippen LogP contribution in [0.5, 0.6) is 0 Å². The number of benzene rings is 1. The molecular weight excluding hydrogens is 274 g/mol. The standard InChI is InChI=1S/C17H23N5/c1-13-16(15-5-3-2-4-6-15)18-9-10-21(13)17-19-12-20-22(17)11-14-7-8-14/h2-6,12-14,16,18H,7-11H2,1H3/t13-,16-/m1/s1. The first-order chi connectivity index (χ1) is 10.8. The molecule has 1 aromatic carbocycles. The Hall–Kier alpha value is -1.88. The minimum atomic E-state index is 0.334. The Morgan fingerprint density at radius 1 is 1.23 bits per heavy atom. The Labute approximate surface area is 131 Å². The zero-order valence-corrected chi connectivity index (χ0v) is 13.0. The monoisotopic (exact) mass is 297 g/mol.